The van der Waals surface area contributed by atoms with E-state index in [0.717, 1.165) is 31.7 Å². The van der Waals surface area contributed by atoms with E-state index in [9.17, 15) is 23.3 Å². The summed E-state index contributed by atoms with van der Waals surface area (Å²) in [6.07, 6.45) is 5.09. The number of nitro benzene ring substituents is 1. The molecule has 0 aliphatic rings. The Labute approximate surface area is 135 Å². The van der Waals surface area contributed by atoms with Crippen molar-refractivity contribution in [1.29, 1.82) is 0 Å². The predicted octanol–water partition coefficient (Wildman–Crippen LogP) is 2.26. The lowest BCUT2D eigenvalue weighted by Crippen LogP contribution is -2.41. The number of carbonyl (C=O) groups is 1. The highest BCUT2D eigenvalue weighted by Crippen LogP contribution is 2.16. The number of rotatable bonds is 10. The second-order valence-electron chi connectivity index (χ2n) is 5.07. The summed E-state index contributed by atoms with van der Waals surface area (Å²) in [5.41, 5.74) is 1.78. The molecular weight excluding hydrogens is 322 g/mol. The number of nitro groups is 1. The molecule has 23 heavy (non-hydrogen) atoms. The van der Waals surface area contributed by atoms with Gasteiger partial charge in [-0.1, -0.05) is 38.7 Å². The maximum Gasteiger partial charge on any atom is 0.270 e. The first kappa shape index (κ1) is 19.0. The SMILES string of the molecule is CCCCCCCC(=O)NNS(=O)(=O)c1cccc([N+](=O)[O-])c1. The number of non-ortho nitro benzene ring substituents is 1. The van der Waals surface area contributed by atoms with Crippen LogP contribution < -0.4 is 10.3 Å². The number of hydrogen-bond acceptors (Lipinski definition) is 5. The topological polar surface area (TPSA) is 118 Å². The van der Waals surface area contributed by atoms with Gasteiger partial charge in [-0.2, -0.15) is 0 Å². The second-order valence-corrected chi connectivity index (χ2v) is 6.75. The predicted molar refractivity (Wildman–Crippen MR) is 84.9 cm³/mol. The highest BCUT2D eigenvalue weighted by atomic mass is 32.2. The van der Waals surface area contributed by atoms with Crippen LogP contribution >= 0.6 is 0 Å². The minimum absolute atomic E-state index is 0.223. The zero-order valence-electron chi connectivity index (χ0n) is 12.9. The van der Waals surface area contributed by atoms with Crippen LogP contribution in [-0.2, 0) is 14.8 Å². The van der Waals surface area contributed by atoms with E-state index in [1.807, 2.05) is 4.83 Å². The smallest absolute Gasteiger partial charge is 0.270 e. The Hall–Kier alpha value is -2.00. The molecule has 0 aliphatic carbocycles. The molecule has 0 radical (unpaired) electrons. The van der Waals surface area contributed by atoms with Gasteiger partial charge in [0.25, 0.3) is 15.7 Å². The Kier molecular flexibility index (Phi) is 7.63. The molecule has 2 N–H and O–H groups in total. The summed E-state index contributed by atoms with van der Waals surface area (Å²) in [7, 11) is -4.04. The molecule has 8 nitrogen and oxygen atoms in total. The third-order valence-corrected chi connectivity index (χ3v) is 4.42. The van der Waals surface area contributed by atoms with Crippen molar-refractivity contribution in [2.24, 2.45) is 0 Å². The minimum atomic E-state index is -4.04. The number of carbonyl (C=O) groups excluding carboxylic acids is 1. The zero-order valence-corrected chi connectivity index (χ0v) is 13.8. The summed E-state index contributed by atoms with van der Waals surface area (Å²) in [5, 5.41) is 10.7. The van der Waals surface area contributed by atoms with Crippen LogP contribution in [0.25, 0.3) is 0 Å². The van der Waals surface area contributed by atoms with Gasteiger partial charge < -0.3 is 0 Å². The van der Waals surface area contributed by atoms with E-state index in [4.69, 9.17) is 0 Å². The normalized spacial score (nSPS) is 11.2. The van der Waals surface area contributed by atoms with Crippen LogP contribution in [0.15, 0.2) is 29.2 Å². The molecule has 0 unspecified atom stereocenters. The third kappa shape index (κ3) is 6.74. The molecule has 1 rings (SSSR count). The molecule has 1 aromatic carbocycles. The van der Waals surface area contributed by atoms with Crippen LogP contribution in [0, 0.1) is 10.1 Å². The molecule has 0 saturated carbocycles. The van der Waals surface area contributed by atoms with E-state index in [0.29, 0.717) is 6.42 Å². The van der Waals surface area contributed by atoms with Crippen LogP contribution in [0.2, 0.25) is 0 Å². The van der Waals surface area contributed by atoms with E-state index in [1.54, 1.807) is 0 Å². The fourth-order valence-electron chi connectivity index (χ4n) is 1.90. The molecule has 0 spiro atoms. The highest BCUT2D eigenvalue weighted by Gasteiger charge is 2.18. The Morgan fingerprint density at radius 1 is 1.22 bits per heavy atom. The molecule has 1 aromatic rings. The van der Waals surface area contributed by atoms with Crippen LogP contribution in [0.5, 0.6) is 0 Å². The standard InChI is InChI=1S/C14H21N3O5S/c1-2-3-4-5-6-10-14(18)15-16-23(21,22)13-9-7-8-12(11-13)17(19)20/h7-9,11,16H,2-6,10H2,1H3,(H,15,18). The number of hydrogen-bond donors (Lipinski definition) is 2. The summed E-state index contributed by atoms with van der Waals surface area (Å²) in [4.78, 5) is 23.2. The van der Waals surface area contributed by atoms with E-state index < -0.39 is 20.9 Å². The monoisotopic (exact) mass is 343 g/mol. The van der Waals surface area contributed by atoms with E-state index in [2.05, 4.69) is 12.3 Å². The molecule has 0 bridgehead atoms. The number of sulfonamides is 1. The molecule has 128 valence electrons. The minimum Gasteiger partial charge on any atom is -0.278 e. The summed E-state index contributed by atoms with van der Waals surface area (Å²) >= 11 is 0. The average molecular weight is 343 g/mol. The molecule has 0 saturated heterocycles. The van der Waals surface area contributed by atoms with Crippen molar-refractivity contribution in [1.82, 2.24) is 10.3 Å². The Morgan fingerprint density at radius 3 is 2.57 bits per heavy atom. The quantitative estimate of drug-likeness (QED) is 0.384. The van der Waals surface area contributed by atoms with Crippen molar-refractivity contribution >= 4 is 21.6 Å². The molecule has 0 fully saturated rings. The number of benzene rings is 1. The van der Waals surface area contributed by atoms with Gasteiger partial charge in [0.2, 0.25) is 5.91 Å². The number of nitrogens with one attached hydrogen (secondary N) is 2. The average Bonchev–Trinajstić information content (AvgIpc) is 2.53. The molecule has 1 amide bonds. The fourth-order valence-corrected chi connectivity index (χ4v) is 2.80. The number of unbranched alkanes of at least 4 members (excludes halogenated alkanes) is 4. The van der Waals surface area contributed by atoms with Crippen molar-refractivity contribution in [3.8, 4) is 0 Å². The molecule has 0 aromatic heterocycles. The summed E-state index contributed by atoms with van der Waals surface area (Å²) in [6, 6.07) is 4.60. The van der Waals surface area contributed by atoms with Gasteiger partial charge in [0, 0.05) is 18.6 Å². The van der Waals surface area contributed by atoms with Gasteiger partial charge >= 0.3 is 0 Å². The van der Waals surface area contributed by atoms with Crippen molar-refractivity contribution in [3.63, 3.8) is 0 Å². The van der Waals surface area contributed by atoms with Crippen molar-refractivity contribution in [2.45, 2.75) is 50.3 Å². The van der Waals surface area contributed by atoms with E-state index in [-0.39, 0.29) is 17.0 Å². The van der Waals surface area contributed by atoms with E-state index >= 15 is 0 Å². The molecule has 0 atom stereocenters. The van der Waals surface area contributed by atoms with Gasteiger partial charge in [0.1, 0.15) is 0 Å². The largest absolute Gasteiger partial charge is 0.278 e. The lowest BCUT2D eigenvalue weighted by atomic mass is 10.1. The maximum atomic E-state index is 12.0. The lowest BCUT2D eigenvalue weighted by Gasteiger charge is -2.08. The fraction of sp³-hybridized carbons (Fsp3) is 0.500. The first-order valence-corrected chi connectivity index (χ1v) is 8.90. The number of amides is 1. The first-order chi connectivity index (χ1) is 10.9. The Bertz CT molecular complexity index is 646. The highest BCUT2D eigenvalue weighted by molar-refractivity contribution is 7.89. The lowest BCUT2D eigenvalue weighted by molar-refractivity contribution is -0.385. The van der Waals surface area contributed by atoms with Crippen LogP contribution in [0.3, 0.4) is 0 Å². The number of nitrogens with zero attached hydrogens (tertiary/aromatic N) is 1. The third-order valence-electron chi connectivity index (χ3n) is 3.17. The van der Waals surface area contributed by atoms with Gasteiger partial charge in [-0.3, -0.25) is 20.3 Å². The Morgan fingerprint density at radius 2 is 1.91 bits per heavy atom. The summed E-state index contributed by atoms with van der Waals surface area (Å²) < 4.78 is 24.0. The van der Waals surface area contributed by atoms with Gasteiger partial charge in [-0.05, 0) is 12.5 Å². The summed E-state index contributed by atoms with van der Waals surface area (Å²) in [6.45, 7) is 2.09. The first-order valence-electron chi connectivity index (χ1n) is 7.42. The van der Waals surface area contributed by atoms with Crippen LogP contribution in [0.4, 0.5) is 5.69 Å². The maximum absolute atomic E-state index is 12.0. The number of hydrazine groups is 1. The second kappa shape index (κ2) is 9.21. The van der Waals surface area contributed by atoms with Gasteiger partial charge in [-0.15, -0.1) is 4.83 Å². The van der Waals surface area contributed by atoms with Crippen molar-refractivity contribution in [3.05, 3.63) is 34.4 Å². The summed E-state index contributed by atoms with van der Waals surface area (Å²) in [5.74, 6) is -0.435. The molecule has 0 aliphatic heterocycles. The zero-order chi connectivity index (χ0) is 17.3. The van der Waals surface area contributed by atoms with Crippen molar-refractivity contribution in [2.75, 3.05) is 0 Å². The van der Waals surface area contributed by atoms with Crippen LogP contribution in [0.1, 0.15) is 45.4 Å². The molecule has 9 heteroatoms. The molecule has 0 heterocycles. The Balaban J connectivity index is 2.51. The van der Waals surface area contributed by atoms with Gasteiger partial charge in [-0.25, -0.2) is 8.42 Å². The van der Waals surface area contributed by atoms with Gasteiger partial charge in [0.15, 0.2) is 0 Å². The van der Waals surface area contributed by atoms with Crippen molar-refractivity contribution < 1.29 is 18.1 Å². The van der Waals surface area contributed by atoms with Gasteiger partial charge in [0.05, 0.1) is 9.82 Å². The van der Waals surface area contributed by atoms with E-state index in [1.165, 1.54) is 18.2 Å². The molecular formula is C14H21N3O5S. The van der Waals surface area contributed by atoms with Crippen LogP contribution in [-0.4, -0.2) is 19.2 Å².